The van der Waals surface area contributed by atoms with Crippen LogP contribution in [0.15, 0.2) is 48.5 Å². The van der Waals surface area contributed by atoms with Crippen LogP contribution in [0.5, 0.6) is 5.75 Å². The smallest absolute Gasteiger partial charge is 0.262 e. The van der Waals surface area contributed by atoms with E-state index >= 15 is 0 Å². The molecule has 6 nitrogen and oxygen atoms in total. The van der Waals surface area contributed by atoms with Gasteiger partial charge in [0.2, 0.25) is 0 Å². The van der Waals surface area contributed by atoms with Crippen LogP contribution in [0, 0.1) is 12.7 Å². The zero-order valence-corrected chi connectivity index (χ0v) is 16.0. The van der Waals surface area contributed by atoms with Gasteiger partial charge in [-0.1, -0.05) is 11.6 Å². The number of carbonyl (C=O) groups is 2. The molecule has 0 aliphatic carbocycles. The van der Waals surface area contributed by atoms with Crippen molar-refractivity contribution in [3.8, 4) is 11.4 Å². The zero-order chi connectivity index (χ0) is 20.5. The largest absolute Gasteiger partial charge is 0.482 e. The Morgan fingerprint density at radius 2 is 2.03 bits per heavy atom. The van der Waals surface area contributed by atoms with E-state index in [1.807, 2.05) is 0 Å². The summed E-state index contributed by atoms with van der Waals surface area (Å²) in [6.45, 7) is 1.72. The first kappa shape index (κ1) is 18.9. The lowest BCUT2D eigenvalue weighted by Crippen LogP contribution is -2.25. The summed E-state index contributed by atoms with van der Waals surface area (Å²) in [7, 11) is 0. The number of fused-ring (bicyclic) bond motifs is 1. The van der Waals surface area contributed by atoms with Gasteiger partial charge >= 0.3 is 0 Å². The first-order valence-electron chi connectivity index (χ1n) is 8.72. The average molecular weight is 412 g/mol. The molecule has 0 spiro atoms. The van der Waals surface area contributed by atoms with Gasteiger partial charge in [-0.15, -0.1) is 0 Å². The number of nitrogens with zero attached hydrogens (tertiary/aromatic N) is 2. The summed E-state index contributed by atoms with van der Waals surface area (Å²) in [5.74, 6) is -0.374. The van der Waals surface area contributed by atoms with E-state index in [4.69, 9.17) is 16.3 Å². The Hall–Kier alpha value is -3.45. The number of halogens is 2. The van der Waals surface area contributed by atoms with Gasteiger partial charge in [0.25, 0.3) is 5.91 Å². The van der Waals surface area contributed by atoms with Crippen LogP contribution in [-0.4, -0.2) is 28.1 Å². The molecule has 4 rings (SSSR count). The highest BCUT2D eigenvalue weighted by atomic mass is 35.5. The van der Waals surface area contributed by atoms with E-state index in [0.29, 0.717) is 39.1 Å². The highest BCUT2D eigenvalue weighted by Crippen LogP contribution is 2.29. The Morgan fingerprint density at radius 1 is 1.28 bits per heavy atom. The molecule has 8 heteroatoms. The predicted octanol–water partition coefficient (Wildman–Crippen LogP) is 4.20. The molecule has 1 aliphatic heterocycles. The molecule has 0 unspecified atom stereocenters. The molecule has 29 heavy (non-hydrogen) atoms. The minimum Gasteiger partial charge on any atom is -0.482 e. The Balaban J connectivity index is 1.59. The summed E-state index contributed by atoms with van der Waals surface area (Å²) in [5, 5.41) is 7.34. The van der Waals surface area contributed by atoms with Crippen LogP contribution in [0.2, 0.25) is 5.15 Å². The second-order valence-corrected chi connectivity index (χ2v) is 6.78. The summed E-state index contributed by atoms with van der Waals surface area (Å²) in [5.41, 5.74) is 2.66. The Bertz CT molecular complexity index is 1150. The van der Waals surface area contributed by atoms with E-state index < -0.39 is 0 Å². The van der Waals surface area contributed by atoms with E-state index in [1.54, 1.807) is 43.3 Å². The molecule has 1 aromatic heterocycles. The second kappa shape index (κ2) is 7.52. The van der Waals surface area contributed by atoms with Crippen molar-refractivity contribution in [1.82, 2.24) is 9.78 Å². The SMILES string of the molecule is Cc1nn(-c2ccc(F)cc2)c(Cl)c1/C=C/C(=O)c1ccc2c(c1)NC(=O)CO2. The summed E-state index contributed by atoms with van der Waals surface area (Å²) in [6, 6.07) is 10.6. The third-order valence-electron chi connectivity index (χ3n) is 4.42. The molecule has 2 aromatic carbocycles. The summed E-state index contributed by atoms with van der Waals surface area (Å²) >= 11 is 6.42. The molecule has 1 amide bonds. The maximum atomic E-state index is 13.1. The fourth-order valence-electron chi connectivity index (χ4n) is 2.95. The van der Waals surface area contributed by atoms with Crippen LogP contribution in [0.3, 0.4) is 0 Å². The first-order valence-corrected chi connectivity index (χ1v) is 9.10. The van der Waals surface area contributed by atoms with Crippen molar-refractivity contribution in [1.29, 1.82) is 0 Å². The van der Waals surface area contributed by atoms with E-state index in [1.165, 1.54) is 22.9 Å². The molecular weight excluding hydrogens is 397 g/mol. The predicted molar refractivity (Wildman–Crippen MR) is 107 cm³/mol. The summed E-state index contributed by atoms with van der Waals surface area (Å²) in [4.78, 5) is 24.0. The van der Waals surface area contributed by atoms with E-state index in [0.717, 1.165) is 0 Å². The molecule has 0 saturated carbocycles. The Morgan fingerprint density at radius 3 is 2.79 bits per heavy atom. The van der Waals surface area contributed by atoms with Gasteiger partial charge < -0.3 is 10.1 Å². The van der Waals surface area contributed by atoms with Crippen molar-refractivity contribution in [2.24, 2.45) is 0 Å². The number of hydrogen-bond acceptors (Lipinski definition) is 4. The lowest BCUT2D eigenvalue weighted by molar-refractivity contribution is -0.118. The van der Waals surface area contributed by atoms with Gasteiger partial charge in [0.1, 0.15) is 16.7 Å². The van der Waals surface area contributed by atoms with Gasteiger partial charge in [-0.2, -0.15) is 5.10 Å². The van der Waals surface area contributed by atoms with Crippen molar-refractivity contribution in [3.63, 3.8) is 0 Å². The van der Waals surface area contributed by atoms with Crippen molar-refractivity contribution < 1.29 is 18.7 Å². The number of benzene rings is 2. The van der Waals surface area contributed by atoms with Crippen LogP contribution in [0.4, 0.5) is 10.1 Å². The number of amides is 1. The van der Waals surface area contributed by atoms with Crippen molar-refractivity contribution in [2.45, 2.75) is 6.92 Å². The third kappa shape index (κ3) is 3.77. The standard InChI is InChI=1S/C21H15ClFN3O3/c1-12-16(21(22)26(25-12)15-5-3-14(23)4-6-15)7-8-18(27)13-2-9-19-17(10-13)24-20(28)11-29-19/h2-10H,11H2,1H3,(H,24,28)/b8-7+. The number of hydrogen-bond donors (Lipinski definition) is 1. The number of nitrogens with one attached hydrogen (secondary N) is 1. The highest BCUT2D eigenvalue weighted by molar-refractivity contribution is 6.31. The van der Waals surface area contributed by atoms with Crippen LogP contribution >= 0.6 is 11.6 Å². The summed E-state index contributed by atoms with van der Waals surface area (Å²) in [6.07, 6.45) is 2.97. The molecule has 0 saturated heterocycles. The number of anilines is 1. The topological polar surface area (TPSA) is 73.2 Å². The fraction of sp³-hybridized carbons (Fsp3) is 0.0952. The normalized spacial score (nSPS) is 13.1. The Labute approximate surface area is 170 Å². The fourth-order valence-corrected chi connectivity index (χ4v) is 3.28. The molecular formula is C21H15ClFN3O3. The van der Waals surface area contributed by atoms with Crippen molar-refractivity contribution >= 4 is 35.1 Å². The number of aryl methyl sites for hydroxylation is 1. The number of ether oxygens (including phenoxy) is 1. The first-order chi connectivity index (χ1) is 13.9. The van der Waals surface area contributed by atoms with E-state index in [2.05, 4.69) is 10.4 Å². The number of ketones is 1. The molecule has 3 aromatic rings. The highest BCUT2D eigenvalue weighted by Gasteiger charge is 2.18. The number of rotatable bonds is 4. The molecule has 1 N–H and O–H groups in total. The van der Waals surface area contributed by atoms with E-state index in [-0.39, 0.29) is 24.1 Å². The van der Waals surface area contributed by atoms with Crippen molar-refractivity contribution in [3.05, 3.63) is 76.3 Å². The van der Waals surface area contributed by atoms with Crippen LogP contribution in [-0.2, 0) is 4.79 Å². The number of aromatic nitrogens is 2. The van der Waals surface area contributed by atoms with Gasteiger partial charge in [0.15, 0.2) is 12.4 Å². The monoisotopic (exact) mass is 411 g/mol. The average Bonchev–Trinajstić information content (AvgIpc) is 2.99. The second-order valence-electron chi connectivity index (χ2n) is 6.42. The van der Waals surface area contributed by atoms with Crippen molar-refractivity contribution in [2.75, 3.05) is 11.9 Å². The number of allylic oxidation sites excluding steroid dienone is 1. The third-order valence-corrected chi connectivity index (χ3v) is 4.78. The van der Waals surface area contributed by atoms with Gasteiger partial charge in [0.05, 0.1) is 17.1 Å². The van der Waals surface area contributed by atoms with Gasteiger partial charge in [-0.05, 0) is 61.5 Å². The molecule has 146 valence electrons. The van der Waals surface area contributed by atoms with Crippen LogP contribution in [0.1, 0.15) is 21.6 Å². The lowest BCUT2D eigenvalue weighted by atomic mass is 10.1. The van der Waals surface area contributed by atoms with Gasteiger partial charge in [-0.25, -0.2) is 9.07 Å². The molecule has 2 heterocycles. The van der Waals surface area contributed by atoms with Gasteiger partial charge in [-0.3, -0.25) is 9.59 Å². The summed E-state index contributed by atoms with van der Waals surface area (Å²) < 4.78 is 19.9. The van der Waals surface area contributed by atoms with Crippen LogP contribution in [0.25, 0.3) is 11.8 Å². The quantitative estimate of drug-likeness (QED) is 0.516. The zero-order valence-electron chi connectivity index (χ0n) is 15.3. The minimum atomic E-state index is -0.355. The maximum Gasteiger partial charge on any atom is 0.262 e. The number of carbonyl (C=O) groups excluding carboxylic acids is 2. The molecule has 0 bridgehead atoms. The molecule has 0 fully saturated rings. The van der Waals surface area contributed by atoms with Gasteiger partial charge in [0, 0.05) is 11.1 Å². The molecule has 0 atom stereocenters. The Kier molecular flexibility index (Phi) is 4.90. The lowest BCUT2D eigenvalue weighted by Gasteiger charge is -2.17. The molecule has 0 radical (unpaired) electrons. The van der Waals surface area contributed by atoms with E-state index in [9.17, 15) is 14.0 Å². The minimum absolute atomic E-state index is 0.0456. The maximum absolute atomic E-state index is 13.1. The van der Waals surface area contributed by atoms with Crippen LogP contribution < -0.4 is 10.1 Å². The molecule has 1 aliphatic rings.